The van der Waals surface area contributed by atoms with Crippen LogP contribution in [0.25, 0.3) is 0 Å². The fraction of sp³-hybridized carbons (Fsp3) is 0.833. The molecule has 1 saturated carbocycles. The molecule has 2 rings (SSSR count). The van der Waals surface area contributed by atoms with Gasteiger partial charge in [0.05, 0.1) is 17.6 Å². The molecule has 0 bridgehead atoms. The molecule has 0 aromatic carbocycles. The number of nitrogens with two attached hydrogens (primary N) is 1. The normalized spacial score (nSPS) is 21.9. The van der Waals surface area contributed by atoms with Crippen LogP contribution in [0.4, 0.5) is 0 Å². The van der Waals surface area contributed by atoms with Crippen molar-refractivity contribution >= 4 is 0 Å². The third-order valence-corrected chi connectivity index (χ3v) is 3.88. The summed E-state index contributed by atoms with van der Waals surface area (Å²) in [5, 5.41) is 3.97. The monoisotopic (exact) mass is 239 g/mol. The minimum Gasteiger partial charge on any atom is -0.378 e. The van der Waals surface area contributed by atoms with Crippen molar-refractivity contribution in [1.29, 1.82) is 0 Å². The van der Waals surface area contributed by atoms with E-state index in [2.05, 4.69) is 10.1 Å². The van der Waals surface area contributed by atoms with Gasteiger partial charge in [-0.3, -0.25) is 0 Å². The van der Waals surface area contributed by atoms with Gasteiger partial charge in [0.15, 0.2) is 5.82 Å². The summed E-state index contributed by atoms with van der Waals surface area (Å²) in [4.78, 5) is 4.38. The summed E-state index contributed by atoms with van der Waals surface area (Å²) < 4.78 is 10.8. The Hall–Kier alpha value is -0.940. The number of ether oxygens (including phenoxy) is 1. The van der Waals surface area contributed by atoms with Gasteiger partial charge in [0, 0.05) is 7.11 Å². The van der Waals surface area contributed by atoms with E-state index in [1.54, 1.807) is 7.11 Å². The van der Waals surface area contributed by atoms with E-state index in [0.29, 0.717) is 18.1 Å². The maximum Gasteiger partial charge on any atom is 0.229 e. The van der Waals surface area contributed by atoms with Crippen molar-refractivity contribution in [2.45, 2.75) is 57.1 Å². The van der Waals surface area contributed by atoms with Crippen molar-refractivity contribution in [3.8, 4) is 0 Å². The predicted octanol–water partition coefficient (Wildman–Crippen LogP) is 1.77. The molecule has 0 aliphatic heterocycles. The lowest BCUT2D eigenvalue weighted by atomic mass is 9.77. The van der Waals surface area contributed by atoms with Crippen LogP contribution in [0.5, 0.6) is 0 Å². The Morgan fingerprint density at radius 1 is 1.53 bits per heavy atom. The van der Waals surface area contributed by atoms with Gasteiger partial charge in [0.25, 0.3) is 0 Å². The van der Waals surface area contributed by atoms with Crippen molar-refractivity contribution < 1.29 is 9.26 Å². The Balaban J connectivity index is 2.08. The lowest BCUT2D eigenvalue weighted by Gasteiger charge is -2.39. The molecular weight excluding hydrogens is 218 g/mol. The molecule has 0 saturated heterocycles. The molecule has 0 spiro atoms. The van der Waals surface area contributed by atoms with Crippen LogP contribution in [0.3, 0.4) is 0 Å². The fourth-order valence-corrected chi connectivity index (χ4v) is 2.02. The topological polar surface area (TPSA) is 74.2 Å². The molecule has 1 aliphatic rings. The summed E-state index contributed by atoms with van der Waals surface area (Å²) in [7, 11) is 1.75. The first-order valence-electron chi connectivity index (χ1n) is 6.18. The molecule has 96 valence electrons. The second-order valence-electron chi connectivity index (χ2n) is 5.20. The molecule has 0 radical (unpaired) electrons. The van der Waals surface area contributed by atoms with Crippen molar-refractivity contribution in [3.05, 3.63) is 11.7 Å². The van der Waals surface area contributed by atoms with Gasteiger partial charge in [0.2, 0.25) is 5.89 Å². The van der Waals surface area contributed by atoms with Crippen LogP contribution >= 0.6 is 0 Å². The van der Waals surface area contributed by atoms with Crippen LogP contribution in [0.2, 0.25) is 0 Å². The average molecular weight is 239 g/mol. The summed E-state index contributed by atoms with van der Waals surface area (Å²) in [5.41, 5.74) is 5.48. The second kappa shape index (κ2) is 4.38. The van der Waals surface area contributed by atoms with Gasteiger partial charge in [-0.05, 0) is 32.6 Å². The number of methoxy groups -OCH3 is 1. The third-order valence-electron chi connectivity index (χ3n) is 3.88. The maximum atomic E-state index is 6.08. The van der Waals surface area contributed by atoms with Crippen molar-refractivity contribution in [1.82, 2.24) is 10.1 Å². The third kappa shape index (κ3) is 2.35. The number of rotatable bonds is 5. The highest BCUT2D eigenvalue weighted by Gasteiger charge is 2.39. The maximum absolute atomic E-state index is 6.08. The smallest absolute Gasteiger partial charge is 0.229 e. The number of nitrogens with zero attached hydrogens (tertiary/aromatic N) is 2. The Morgan fingerprint density at radius 3 is 2.71 bits per heavy atom. The van der Waals surface area contributed by atoms with Gasteiger partial charge in [-0.2, -0.15) is 4.98 Å². The summed E-state index contributed by atoms with van der Waals surface area (Å²) in [5.74, 6) is 1.22. The fourth-order valence-electron chi connectivity index (χ4n) is 2.02. The first kappa shape index (κ1) is 12.5. The van der Waals surface area contributed by atoms with Gasteiger partial charge in [-0.15, -0.1) is 0 Å². The largest absolute Gasteiger partial charge is 0.378 e. The van der Waals surface area contributed by atoms with Crippen molar-refractivity contribution in [2.75, 3.05) is 7.11 Å². The zero-order chi connectivity index (χ0) is 12.5. The van der Waals surface area contributed by atoms with E-state index >= 15 is 0 Å². The molecule has 5 heteroatoms. The zero-order valence-electron chi connectivity index (χ0n) is 10.8. The molecular formula is C12H21N3O2. The van der Waals surface area contributed by atoms with E-state index in [-0.39, 0.29) is 5.60 Å². The summed E-state index contributed by atoms with van der Waals surface area (Å²) in [6, 6.07) is 0. The molecule has 5 nitrogen and oxygen atoms in total. The van der Waals surface area contributed by atoms with E-state index in [1.807, 2.05) is 13.8 Å². The van der Waals surface area contributed by atoms with E-state index in [9.17, 15) is 0 Å². The Bertz CT molecular complexity index is 377. The first-order valence-corrected chi connectivity index (χ1v) is 6.18. The average Bonchev–Trinajstić information content (AvgIpc) is 2.72. The number of hydrogen-bond donors (Lipinski definition) is 1. The van der Waals surface area contributed by atoms with Crippen LogP contribution in [-0.2, 0) is 16.7 Å². The molecule has 1 aromatic rings. The van der Waals surface area contributed by atoms with E-state index in [1.165, 1.54) is 6.42 Å². The van der Waals surface area contributed by atoms with Gasteiger partial charge < -0.3 is 15.0 Å². The Morgan fingerprint density at radius 2 is 2.24 bits per heavy atom. The molecule has 17 heavy (non-hydrogen) atoms. The highest BCUT2D eigenvalue weighted by atomic mass is 16.5. The molecule has 1 fully saturated rings. The van der Waals surface area contributed by atoms with Crippen LogP contribution in [-0.4, -0.2) is 22.9 Å². The minimum absolute atomic E-state index is 0.0823. The predicted molar refractivity (Wildman–Crippen MR) is 63.4 cm³/mol. The summed E-state index contributed by atoms with van der Waals surface area (Å²) in [6.07, 6.45) is 4.81. The Labute approximate surface area is 102 Å². The minimum atomic E-state index is -0.512. The van der Waals surface area contributed by atoms with Gasteiger partial charge in [-0.25, -0.2) is 0 Å². The highest BCUT2D eigenvalue weighted by Crippen LogP contribution is 2.37. The molecule has 1 atom stereocenters. The van der Waals surface area contributed by atoms with Crippen molar-refractivity contribution in [2.24, 2.45) is 5.73 Å². The van der Waals surface area contributed by atoms with E-state index in [0.717, 1.165) is 19.3 Å². The van der Waals surface area contributed by atoms with Crippen LogP contribution in [0.15, 0.2) is 4.52 Å². The molecule has 1 heterocycles. The quantitative estimate of drug-likeness (QED) is 0.847. The highest BCUT2D eigenvalue weighted by molar-refractivity contribution is 5.04. The molecule has 1 unspecified atom stereocenters. The van der Waals surface area contributed by atoms with Crippen LogP contribution in [0, 0.1) is 0 Å². The molecule has 0 amide bonds. The standard InChI is InChI=1S/C12H21N3O2/c1-4-11(2,13)10-14-9(17-15-10)8-12(16-3)6-5-7-12/h4-8,13H2,1-3H3. The van der Waals surface area contributed by atoms with Gasteiger partial charge in [0.1, 0.15) is 0 Å². The Kier molecular flexibility index (Phi) is 3.23. The lowest BCUT2D eigenvalue weighted by molar-refractivity contribution is -0.0751. The molecule has 2 N–H and O–H groups in total. The summed E-state index contributed by atoms with van der Waals surface area (Å²) >= 11 is 0. The summed E-state index contributed by atoms with van der Waals surface area (Å²) in [6.45, 7) is 3.93. The second-order valence-corrected chi connectivity index (χ2v) is 5.20. The molecule has 1 aliphatic carbocycles. The number of hydrogen-bond acceptors (Lipinski definition) is 5. The number of aromatic nitrogens is 2. The zero-order valence-corrected chi connectivity index (χ0v) is 10.8. The van der Waals surface area contributed by atoms with E-state index in [4.69, 9.17) is 15.0 Å². The van der Waals surface area contributed by atoms with Crippen LogP contribution in [0.1, 0.15) is 51.2 Å². The lowest BCUT2D eigenvalue weighted by Crippen LogP contribution is -2.41. The van der Waals surface area contributed by atoms with Crippen molar-refractivity contribution in [3.63, 3.8) is 0 Å². The first-order chi connectivity index (χ1) is 8.01. The molecule has 1 aromatic heterocycles. The van der Waals surface area contributed by atoms with Gasteiger partial charge in [-0.1, -0.05) is 12.1 Å². The SMILES string of the molecule is CCC(C)(N)c1noc(CC2(OC)CCC2)n1. The van der Waals surface area contributed by atoms with E-state index < -0.39 is 5.54 Å². The van der Waals surface area contributed by atoms with Crippen LogP contribution < -0.4 is 5.73 Å². The van der Waals surface area contributed by atoms with Gasteiger partial charge >= 0.3 is 0 Å².